The van der Waals surface area contributed by atoms with Gasteiger partial charge in [0.15, 0.2) is 11.5 Å². The van der Waals surface area contributed by atoms with E-state index in [1.54, 1.807) is 19.1 Å². The molecule has 1 aliphatic rings. The molecule has 0 saturated carbocycles. The van der Waals surface area contributed by atoms with Gasteiger partial charge < -0.3 is 14.8 Å². The molecule has 0 fully saturated rings. The molecule has 0 saturated heterocycles. The van der Waals surface area contributed by atoms with Gasteiger partial charge >= 0.3 is 0 Å². The number of carbonyl (C=O) groups excluding carboxylic acids is 1. The molecule has 6 heteroatoms. The van der Waals surface area contributed by atoms with Crippen LogP contribution in [0.1, 0.15) is 12.7 Å². The molecule has 0 spiro atoms. The SMILES string of the molecule is CC(=O)Nc1nc(C)nc2cc3c(cc12)OCO3. The highest BCUT2D eigenvalue weighted by Gasteiger charge is 2.17. The zero-order chi connectivity index (χ0) is 12.7. The van der Waals surface area contributed by atoms with E-state index in [1.165, 1.54) is 6.92 Å². The van der Waals surface area contributed by atoms with Gasteiger partial charge in [-0.25, -0.2) is 9.97 Å². The number of amides is 1. The maximum Gasteiger partial charge on any atom is 0.231 e. The number of fused-ring (bicyclic) bond motifs is 2. The van der Waals surface area contributed by atoms with E-state index in [4.69, 9.17) is 9.47 Å². The van der Waals surface area contributed by atoms with E-state index in [0.717, 1.165) is 10.9 Å². The number of nitrogens with one attached hydrogen (secondary N) is 1. The Hall–Kier alpha value is -2.37. The van der Waals surface area contributed by atoms with E-state index in [-0.39, 0.29) is 12.7 Å². The predicted molar refractivity (Wildman–Crippen MR) is 64.7 cm³/mol. The van der Waals surface area contributed by atoms with Gasteiger partial charge in [0.25, 0.3) is 0 Å². The maximum atomic E-state index is 11.2. The number of aromatic nitrogens is 2. The largest absolute Gasteiger partial charge is 0.454 e. The number of ether oxygens (including phenoxy) is 2. The molecule has 1 aromatic heterocycles. The molecule has 0 atom stereocenters. The summed E-state index contributed by atoms with van der Waals surface area (Å²) in [6.07, 6.45) is 0. The lowest BCUT2D eigenvalue weighted by molar-refractivity contribution is -0.114. The minimum absolute atomic E-state index is 0.174. The fourth-order valence-corrected chi connectivity index (χ4v) is 1.90. The van der Waals surface area contributed by atoms with Gasteiger partial charge in [0.2, 0.25) is 12.7 Å². The van der Waals surface area contributed by atoms with Crippen molar-refractivity contribution in [1.82, 2.24) is 9.97 Å². The van der Waals surface area contributed by atoms with Crippen molar-refractivity contribution in [1.29, 1.82) is 0 Å². The summed E-state index contributed by atoms with van der Waals surface area (Å²) in [4.78, 5) is 19.7. The van der Waals surface area contributed by atoms with Crippen molar-refractivity contribution in [3.05, 3.63) is 18.0 Å². The molecule has 92 valence electrons. The Morgan fingerprint density at radius 2 is 2.00 bits per heavy atom. The van der Waals surface area contributed by atoms with E-state index in [0.29, 0.717) is 23.1 Å². The number of hydrogen-bond acceptors (Lipinski definition) is 5. The zero-order valence-electron chi connectivity index (χ0n) is 9.98. The van der Waals surface area contributed by atoms with E-state index in [2.05, 4.69) is 15.3 Å². The van der Waals surface area contributed by atoms with Crippen LogP contribution in [0.25, 0.3) is 10.9 Å². The van der Waals surface area contributed by atoms with Crippen LogP contribution >= 0.6 is 0 Å². The van der Waals surface area contributed by atoms with Crippen molar-refractivity contribution >= 4 is 22.6 Å². The quantitative estimate of drug-likeness (QED) is 0.826. The molecule has 6 nitrogen and oxygen atoms in total. The standard InChI is InChI=1S/C12H11N3O3/c1-6-13-9-4-11-10(17-5-18-11)3-8(9)12(14-6)15-7(2)16/h3-4H,5H2,1-2H3,(H,13,14,15,16). The number of rotatable bonds is 1. The highest BCUT2D eigenvalue weighted by molar-refractivity contribution is 5.99. The first-order chi connectivity index (χ1) is 8.63. The summed E-state index contributed by atoms with van der Waals surface area (Å²) in [6.45, 7) is 3.42. The topological polar surface area (TPSA) is 73.3 Å². The minimum Gasteiger partial charge on any atom is -0.454 e. The van der Waals surface area contributed by atoms with Crippen LogP contribution in [0.4, 0.5) is 5.82 Å². The fraction of sp³-hybridized carbons (Fsp3) is 0.250. The van der Waals surface area contributed by atoms with Crippen molar-refractivity contribution in [2.24, 2.45) is 0 Å². The number of nitrogens with zero attached hydrogens (tertiary/aromatic N) is 2. The van der Waals surface area contributed by atoms with Gasteiger partial charge in [-0.1, -0.05) is 0 Å². The van der Waals surface area contributed by atoms with Crippen LogP contribution in [0.2, 0.25) is 0 Å². The molecular formula is C12H11N3O3. The van der Waals surface area contributed by atoms with Crippen LogP contribution in [0.3, 0.4) is 0 Å². The third kappa shape index (κ3) is 1.71. The second-order valence-electron chi connectivity index (χ2n) is 4.02. The summed E-state index contributed by atoms with van der Waals surface area (Å²) in [5, 5.41) is 3.43. The normalized spacial score (nSPS) is 12.8. The van der Waals surface area contributed by atoms with Gasteiger partial charge in [-0.2, -0.15) is 0 Å². The van der Waals surface area contributed by atoms with Crippen LogP contribution in [-0.4, -0.2) is 22.7 Å². The van der Waals surface area contributed by atoms with E-state index in [9.17, 15) is 4.79 Å². The first-order valence-electron chi connectivity index (χ1n) is 5.49. The van der Waals surface area contributed by atoms with Gasteiger partial charge in [-0.15, -0.1) is 0 Å². The summed E-state index contributed by atoms with van der Waals surface area (Å²) >= 11 is 0. The number of carbonyl (C=O) groups is 1. The van der Waals surface area contributed by atoms with Crippen molar-refractivity contribution in [2.45, 2.75) is 13.8 Å². The second kappa shape index (κ2) is 3.83. The number of hydrogen-bond donors (Lipinski definition) is 1. The summed E-state index contributed by atoms with van der Waals surface area (Å²) in [7, 11) is 0. The summed E-state index contributed by atoms with van der Waals surface area (Å²) < 4.78 is 10.6. The number of benzene rings is 1. The first-order valence-corrected chi connectivity index (χ1v) is 5.49. The van der Waals surface area contributed by atoms with Crippen LogP contribution in [-0.2, 0) is 4.79 Å². The highest BCUT2D eigenvalue weighted by Crippen LogP contribution is 2.37. The van der Waals surface area contributed by atoms with E-state index < -0.39 is 0 Å². The van der Waals surface area contributed by atoms with Gasteiger partial charge in [0.1, 0.15) is 11.6 Å². The molecule has 1 aliphatic heterocycles. The lowest BCUT2D eigenvalue weighted by atomic mass is 10.2. The predicted octanol–water partition coefficient (Wildman–Crippen LogP) is 1.63. The van der Waals surface area contributed by atoms with Gasteiger partial charge in [0.05, 0.1) is 5.52 Å². The monoisotopic (exact) mass is 245 g/mol. The lowest BCUT2D eigenvalue weighted by Gasteiger charge is -2.07. The van der Waals surface area contributed by atoms with Crippen LogP contribution in [0.15, 0.2) is 12.1 Å². The molecule has 0 aliphatic carbocycles. The fourth-order valence-electron chi connectivity index (χ4n) is 1.90. The molecular weight excluding hydrogens is 234 g/mol. The van der Waals surface area contributed by atoms with Gasteiger partial charge in [0, 0.05) is 18.4 Å². The summed E-state index contributed by atoms with van der Waals surface area (Å²) in [6, 6.07) is 3.57. The minimum atomic E-state index is -0.174. The molecule has 18 heavy (non-hydrogen) atoms. The van der Waals surface area contributed by atoms with Crippen molar-refractivity contribution in [3.63, 3.8) is 0 Å². The van der Waals surface area contributed by atoms with Crippen molar-refractivity contribution in [2.75, 3.05) is 12.1 Å². The second-order valence-corrected chi connectivity index (χ2v) is 4.02. The molecule has 0 bridgehead atoms. The van der Waals surface area contributed by atoms with Crippen LogP contribution in [0, 0.1) is 6.92 Å². The molecule has 2 aromatic rings. The Morgan fingerprint density at radius 1 is 1.28 bits per heavy atom. The molecule has 2 heterocycles. The molecule has 1 N–H and O–H groups in total. The third-order valence-corrected chi connectivity index (χ3v) is 2.60. The van der Waals surface area contributed by atoms with Crippen molar-refractivity contribution in [3.8, 4) is 11.5 Å². The number of aryl methyl sites for hydroxylation is 1. The Kier molecular flexibility index (Phi) is 2.29. The third-order valence-electron chi connectivity index (χ3n) is 2.60. The average molecular weight is 245 g/mol. The first kappa shape index (κ1) is 10.8. The van der Waals surface area contributed by atoms with Crippen LogP contribution in [0.5, 0.6) is 11.5 Å². The molecule has 1 amide bonds. The lowest BCUT2D eigenvalue weighted by Crippen LogP contribution is -2.09. The van der Waals surface area contributed by atoms with Gasteiger partial charge in [-0.05, 0) is 13.0 Å². The number of anilines is 1. The van der Waals surface area contributed by atoms with Crippen molar-refractivity contribution < 1.29 is 14.3 Å². The molecule has 0 radical (unpaired) electrons. The summed E-state index contributed by atoms with van der Waals surface area (Å²) in [5.74, 6) is 2.21. The maximum absolute atomic E-state index is 11.2. The Labute approximate surface area is 103 Å². The Bertz CT molecular complexity index is 655. The zero-order valence-corrected chi connectivity index (χ0v) is 9.98. The molecule has 1 aromatic carbocycles. The smallest absolute Gasteiger partial charge is 0.231 e. The average Bonchev–Trinajstić information content (AvgIpc) is 2.72. The molecule has 3 rings (SSSR count). The van der Waals surface area contributed by atoms with E-state index >= 15 is 0 Å². The van der Waals surface area contributed by atoms with E-state index in [1.807, 2.05) is 0 Å². The molecule has 0 unspecified atom stereocenters. The van der Waals surface area contributed by atoms with Gasteiger partial charge in [-0.3, -0.25) is 4.79 Å². The summed E-state index contributed by atoms with van der Waals surface area (Å²) in [5.41, 5.74) is 0.718. The Balaban J connectivity index is 2.25. The Morgan fingerprint density at radius 3 is 2.72 bits per heavy atom. The highest BCUT2D eigenvalue weighted by atomic mass is 16.7. The van der Waals surface area contributed by atoms with Crippen LogP contribution < -0.4 is 14.8 Å².